The van der Waals surface area contributed by atoms with Crippen molar-refractivity contribution in [2.75, 3.05) is 6.54 Å². The van der Waals surface area contributed by atoms with Crippen LogP contribution in [0.4, 0.5) is 9.18 Å². The number of fused-ring (bicyclic) bond motifs is 2. The Morgan fingerprint density at radius 1 is 1.23 bits per heavy atom. The van der Waals surface area contributed by atoms with Crippen molar-refractivity contribution in [1.82, 2.24) is 20.5 Å². The Bertz CT molecular complexity index is 1240. The van der Waals surface area contributed by atoms with Gasteiger partial charge in [0.25, 0.3) is 11.8 Å². The van der Waals surface area contributed by atoms with E-state index in [0.717, 1.165) is 29.8 Å². The maximum absolute atomic E-state index is 13.5. The zero-order valence-corrected chi connectivity index (χ0v) is 16.0. The van der Waals surface area contributed by atoms with Crippen LogP contribution in [0.5, 0.6) is 0 Å². The summed E-state index contributed by atoms with van der Waals surface area (Å²) in [5, 5.41) is 4.81. The predicted molar refractivity (Wildman–Crippen MR) is 103 cm³/mol. The summed E-state index contributed by atoms with van der Waals surface area (Å²) in [5.74, 6) is -1.38. The first kappa shape index (κ1) is 18.3. The van der Waals surface area contributed by atoms with Gasteiger partial charge in [0.05, 0.1) is 12.7 Å². The molecule has 0 unspecified atom stereocenters. The van der Waals surface area contributed by atoms with E-state index in [1.807, 2.05) is 25.1 Å². The van der Waals surface area contributed by atoms with Gasteiger partial charge in [0.1, 0.15) is 17.1 Å². The first-order chi connectivity index (χ1) is 14.4. The number of hydrogen-bond donors (Lipinski definition) is 2. The maximum atomic E-state index is 13.5. The third-order valence-electron chi connectivity index (χ3n) is 5.59. The Hall–Kier alpha value is -3.75. The molecule has 1 saturated heterocycles. The lowest BCUT2D eigenvalue weighted by Crippen LogP contribution is -2.52. The van der Waals surface area contributed by atoms with Crippen molar-refractivity contribution < 1.29 is 23.2 Å². The Morgan fingerprint density at radius 2 is 2.07 bits per heavy atom. The number of carbonyl (C=O) groups is 3. The summed E-state index contributed by atoms with van der Waals surface area (Å²) >= 11 is 0. The minimum atomic E-state index is -1.64. The van der Waals surface area contributed by atoms with Gasteiger partial charge in [0.2, 0.25) is 0 Å². The van der Waals surface area contributed by atoms with Crippen LogP contribution in [0.15, 0.2) is 40.9 Å². The topological polar surface area (TPSA) is 105 Å². The molecule has 30 heavy (non-hydrogen) atoms. The average molecular weight is 408 g/mol. The molecule has 4 heterocycles. The molecule has 2 aliphatic heterocycles. The van der Waals surface area contributed by atoms with Crippen LogP contribution in [0.25, 0.3) is 11.1 Å². The molecule has 2 N–H and O–H groups in total. The van der Waals surface area contributed by atoms with Gasteiger partial charge >= 0.3 is 6.03 Å². The van der Waals surface area contributed by atoms with Crippen molar-refractivity contribution >= 4 is 28.9 Å². The van der Waals surface area contributed by atoms with E-state index in [4.69, 9.17) is 4.42 Å². The lowest BCUT2D eigenvalue weighted by atomic mass is 9.95. The van der Waals surface area contributed by atoms with Crippen LogP contribution >= 0.6 is 0 Å². The Morgan fingerprint density at radius 3 is 2.80 bits per heavy atom. The van der Waals surface area contributed by atoms with Crippen LogP contribution in [0, 0.1) is 5.82 Å². The summed E-state index contributed by atoms with van der Waals surface area (Å²) < 4.78 is 19.2. The molecule has 1 aromatic carbocycles. The second-order valence-corrected chi connectivity index (χ2v) is 7.47. The normalized spacial score (nSPS) is 20.6. The zero-order valence-electron chi connectivity index (χ0n) is 16.0. The highest BCUT2D eigenvalue weighted by atomic mass is 19.1. The minimum Gasteiger partial charge on any atom is -0.456 e. The lowest BCUT2D eigenvalue weighted by Gasteiger charge is -2.28. The van der Waals surface area contributed by atoms with Crippen LogP contribution in [0.2, 0.25) is 0 Å². The number of imide groups is 1. The molecule has 0 aliphatic carbocycles. The fourth-order valence-electron chi connectivity index (χ4n) is 4.00. The van der Waals surface area contributed by atoms with Crippen LogP contribution < -0.4 is 10.6 Å². The number of halogens is 1. The van der Waals surface area contributed by atoms with Gasteiger partial charge in [-0.2, -0.15) is 0 Å². The van der Waals surface area contributed by atoms with E-state index in [9.17, 15) is 18.8 Å². The molecule has 1 fully saturated rings. The first-order valence-corrected chi connectivity index (χ1v) is 9.50. The van der Waals surface area contributed by atoms with Crippen molar-refractivity contribution in [3.63, 3.8) is 0 Å². The summed E-state index contributed by atoms with van der Waals surface area (Å²) in [5.41, 5.74) is 1.31. The highest BCUT2D eigenvalue weighted by molar-refractivity contribution is 6.08. The predicted octanol–water partition coefficient (Wildman–Crippen LogP) is 2.22. The maximum Gasteiger partial charge on any atom is 0.322 e. The number of amides is 4. The molecule has 9 heteroatoms. The number of hydrogen-bond acceptors (Lipinski definition) is 5. The van der Waals surface area contributed by atoms with Crippen LogP contribution in [-0.4, -0.2) is 34.3 Å². The Balaban J connectivity index is 1.55. The van der Waals surface area contributed by atoms with E-state index in [0.29, 0.717) is 17.6 Å². The number of aromatic nitrogens is 1. The largest absolute Gasteiger partial charge is 0.456 e. The van der Waals surface area contributed by atoms with Gasteiger partial charge in [0.15, 0.2) is 11.1 Å². The lowest BCUT2D eigenvalue weighted by molar-refractivity contribution is -0.125. The number of benzene rings is 1. The molecule has 0 spiro atoms. The highest BCUT2D eigenvalue weighted by Crippen LogP contribution is 2.34. The molecule has 1 atom stereocenters. The Kier molecular flexibility index (Phi) is 3.89. The van der Waals surface area contributed by atoms with Crippen molar-refractivity contribution in [2.45, 2.75) is 25.4 Å². The van der Waals surface area contributed by atoms with Crippen LogP contribution in [-0.2, 0) is 23.3 Å². The van der Waals surface area contributed by atoms with E-state index in [-0.39, 0.29) is 23.8 Å². The van der Waals surface area contributed by atoms with E-state index < -0.39 is 23.3 Å². The molecule has 4 amide bonds. The van der Waals surface area contributed by atoms with Crippen LogP contribution in [0.1, 0.15) is 34.2 Å². The number of nitrogens with zero attached hydrogens (tertiary/aromatic N) is 2. The summed E-state index contributed by atoms with van der Waals surface area (Å²) in [6, 6.07) is 7.65. The van der Waals surface area contributed by atoms with Gasteiger partial charge in [-0.25, -0.2) is 14.2 Å². The van der Waals surface area contributed by atoms with Gasteiger partial charge in [-0.05, 0) is 23.6 Å². The molecule has 2 aliphatic rings. The summed E-state index contributed by atoms with van der Waals surface area (Å²) in [4.78, 5) is 43.3. The fourth-order valence-corrected chi connectivity index (χ4v) is 4.00. The van der Waals surface area contributed by atoms with Gasteiger partial charge in [-0.15, -0.1) is 0 Å². The van der Waals surface area contributed by atoms with Gasteiger partial charge in [-0.3, -0.25) is 14.9 Å². The fraction of sp³-hybridized carbons (Fsp3) is 0.238. The molecule has 0 radical (unpaired) electrons. The first-order valence-electron chi connectivity index (χ1n) is 9.50. The number of rotatable bonds is 4. The smallest absolute Gasteiger partial charge is 0.322 e. The monoisotopic (exact) mass is 408 g/mol. The highest BCUT2D eigenvalue weighted by Gasteiger charge is 2.53. The number of nitrogens with one attached hydrogen (secondary N) is 2. The number of aryl methyl sites for hydroxylation is 1. The molecule has 3 aromatic rings. The molecule has 8 nitrogen and oxygen atoms in total. The molecule has 0 saturated carbocycles. The SMILES string of the molecule is CCc1ccc2c(c1)C(=O)N(C[C@@]1(c3cc4ncc(F)cc4o3)NC(=O)NC1=O)C2. The van der Waals surface area contributed by atoms with E-state index in [1.54, 1.807) is 0 Å². The molecule has 2 aromatic heterocycles. The van der Waals surface area contributed by atoms with Crippen molar-refractivity contribution in [2.24, 2.45) is 0 Å². The molecule has 152 valence electrons. The van der Waals surface area contributed by atoms with E-state index >= 15 is 0 Å². The quantitative estimate of drug-likeness (QED) is 0.644. The van der Waals surface area contributed by atoms with Crippen molar-refractivity contribution in [3.05, 3.63) is 64.8 Å². The van der Waals surface area contributed by atoms with Gasteiger partial charge in [0, 0.05) is 24.2 Å². The molecule has 5 rings (SSSR count). The molecule has 0 bridgehead atoms. The number of pyridine rings is 1. The third-order valence-corrected chi connectivity index (χ3v) is 5.59. The number of furan rings is 1. The van der Waals surface area contributed by atoms with Crippen molar-refractivity contribution in [3.8, 4) is 0 Å². The van der Waals surface area contributed by atoms with Crippen molar-refractivity contribution in [1.29, 1.82) is 0 Å². The van der Waals surface area contributed by atoms with E-state index in [1.165, 1.54) is 11.0 Å². The summed E-state index contributed by atoms with van der Waals surface area (Å²) in [7, 11) is 0. The average Bonchev–Trinajstić information content (AvgIpc) is 3.36. The second kappa shape index (κ2) is 6.38. The molecular formula is C21H17FN4O4. The minimum absolute atomic E-state index is 0.0805. The van der Waals surface area contributed by atoms with Gasteiger partial charge < -0.3 is 14.6 Å². The van der Waals surface area contributed by atoms with Crippen LogP contribution in [0.3, 0.4) is 0 Å². The van der Waals surface area contributed by atoms with Gasteiger partial charge in [-0.1, -0.05) is 19.1 Å². The summed E-state index contributed by atoms with van der Waals surface area (Å²) in [6.07, 6.45) is 1.83. The zero-order chi connectivity index (χ0) is 21.0. The number of carbonyl (C=O) groups excluding carboxylic acids is 3. The Labute approximate surface area is 170 Å². The third kappa shape index (κ3) is 2.66. The second-order valence-electron chi connectivity index (χ2n) is 7.47. The number of urea groups is 1. The van der Waals surface area contributed by atoms with E-state index in [2.05, 4.69) is 15.6 Å². The molecular weight excluding hydrogens is 391 g/mol. The standard InChI is InChI=1S/C21H17FN4O4/c1-2-11-3-4-12-9-26(18(27)14(12)5-11)10-21(19(28)24-20(29)25-21)17-7-15-16(30-17)6-13(22)8-23-15/h3-8H,2,9-10H2,1H3,(H2,24,25,28,29)/t21-/m0/s1. The summed E-state index contributed by atoms with van der Waals surface area (Å²) in [6.45, 7) is 2.17.